The van der Waals surface area contributed by atoms with Crippen LogP contribution in [0, 0.1) is 5.41 Å². The fourth-order valence-electron chi connectivity index (χ4n) is 2.08. The molecule has 1 aromatic rings. The van der Waals surface area contributed by atoms with Crippen LogP contribution in [0.2, 0.25) is 0 Å². The van der Waals surface area contributed by atoms with Crippen molar-refractivity contribution in [1.82, 2.24) is 9.88 Å². The van der Waals surface area contributed by atoms with Gasteiger partial charge < -0.3 is 10.3 Å². The van der Waals surface area contributed by atoms with Crippen molar-refractivity contribution < 1.29 is 4.79 Å². The standard InChI is InChI=1S/C12H18N4O/c1-12(2)6-7-16(8-12)11(17)9-4-3-5-10(14-9)15-13/h3-5H,6-8,13H2,1-2H3,(H,14,15). The van der Waals surface area contributed by atoms with Crippen LogP contribution in [-0.2, 0) is 0 Å². The topological polar surface area (TPSA) is 71.2 Å². The van der Waals surface area contributed by atoms with Crippen molar-refractivity contribution in [1.29, 1.82) is 0 Å². The van der Waals surface area contributed by atoms with Gasteiger partial charge >= 0.3 is 0 Å². The molecule has 0 radical (unpaired) electrons. The number of nitrogens with two attached hydrogens (primary N) is 1. The molecule has 1 amide bonds. The Labute approximate surface area is 101 Å². The van der Waals surface area contributed by atoms with Crippen molar-refractivity contribution >= 4 is 11.7 Å². The first-order valence-electron chi connectivity index (χ1n) is 5.75. The molecule has 1 aromatic heterocycles. The maximum atomic E-state index is 12.2. The molecule has 1 aliphatic heterocycles. The van der Waals surface area contributed by atoms with Gasteiger partial charge in [0.2, 0.25) is 0 Å². The molecule has 2 rings (SSSR count). The average Bonchev–Trinajstić information content (AvgIpc) is 2.69. The smallest absolute Gasteiger partial charge is 0.272 e. The monoisotopic (exact) mass is 234 g/mol. The van der Waals surface area contributed by atoms with Crippen molar-refractivity contribution in [2.75, 3.05) is 18.5 Å². The van der Waals surface area contributed by atoms with Crippen LogP contribution < -0.4 is 11.3 Å². The molecule has 0 spiro atoms. The third-order valence-corrected chi connectivity index (χ3v) is 3.08. The van der Waals surface area contributed by atoms with Crippen molar-refractivity contribution in [3.63, 3.8) is 0 Å². The van der Waals surface area contributed by atoms with Gasteiger partial charge in [0.15, 0.2) is 0 Å². The van der Waals surface area contributed by atoms with E-state index in [4.69, 9.17) is 5.84 Å². The second-order valence-corrected chi connectivity index (χ2v) is 5.19. The molecule has 0 saturated carbocycles. The Morgan fingerprint density at radius 3 is 2.88 bits per heavy atom. The molecule has 0 aromatic carbocycles. The molecule has 0 aliphatic carbocycles. The molecule has 0 bridgehead atoms. The predicted molar refractivity (Wildman–Crippen MR) is 66.3 cm³/mol. The number of hydrazine groups is 1. The number of nitrogen functional groups attached to an aromatic ring is 1. The van der Waals surface area contributed by atoms with Crippen molar-refractivity contribution in [2.45, 2.75) is 20.3 Å². The van der Waals surface area contributed by atoms with Gasteiger partial charge in [0.25, 0.3) is 5.91 Å². The number of aromatic nitrogens is 1. The third-order valence-electron chi connectivity index (χ3n) is 3.08. The third kappa shape index (κ3) is 2.55. The Balaban J connectivity index is 2.15. The molecular weight excluding hydrogens is 216 g/mol. The molecule has 2 heterocycles. The van der Waals surface area contributed by atoms with Crippen LogP contribution in [0.1, 0.15) is 30.8 Å². The van der Waals surface area contributed by atoms with E-state index in [9.17, 15) is 4.79 Å². The molecule has 0 unspecified atom stereocenters. The summed E-state index contributed by atoms with van der Waals surface area (Å²) in [6.45, 7) is 5.93. The average molecular weight is 234 g/mol. The van der Waals surface area contributed by atoms with Gasteiger partial charge in [-0.3, -0.25) is 4.79 Å². The predicted octanol–water partition coefficient (Wildman–Crippen LogP) is 1.24. The highest BCUT2D eigenvalue weighted by molar-refractivity contribution is 5.92. The van der Waals surface area contributed by atoms with E-state index in [1.54, 1.807) is 18.2 Å². The molecule has 3 N–H and O–H groups in total. The van der Waals surface area contributed by atoms with Crippen LogP contribution in [0.4, 0.5) is 5.82 Å². The first kappa shape index (κ1) is 11.9. The van der Waals surface area contributed by atoms with E-state index < -0.39 is 0 Å². The van der Waals surface area contributed by atoms with Gasteiger partial charge in [-0.1, -0.05) is 19.9 Å². The summed E-state index contributed by atoms with van der Waals surface area (Å²) in [5.74, 6) is 5.77. The SMILES string of the molecule is CC1(C)CCN(C(=O)c2cccc(NN)n2)C1. The summed E-state index contributed by atoms with van der Waals surface area (Å²) in [5.41, 5.74) is 3.10. The van der Waals surface area contributed by atoms with Crippen molar-refractivity contribution in [3.8, 4) is 0 Å². The van der Waals surface area contributed by atoms with E-state index >= 15 is 0 Å². The van der Waals surface area contributed by atoms with E-state index in [1.165, 1.54) is 0 Å². The Hall–Kier alpha value is -1.62. The molecule has 92 valence electrons. The van der Waals surface area contributed by atoms with Crippen LogP contribution >= 0.6 is 0 Å². The lowest BCUT2D eigenvalue weighted by molar-refractivity contribution is 0.0772. The molecule has 17 heavy (non-hydrogen) atoms. The minimum Gasteiger partial charge on any atom is -0.337 e. The highest BCUT2D eigenvalue weighted by Crippen LogP contribution is 2.29. The van der Waals surface area contributed by atoms with E-state index in [0.29, 0.717) is 11.5 Å². The highest BCUT2D eigenvalue weighted by Gasteiger charge is 2.32. The van der Waals surface area contributed by atoms with Crippen LogP contribution in [0.3, 0.4) is 0 Å². The Kier molecular flexibility index (Phi) is 3.02. The lowest BCUT2D eigenvalue weighted by Crippen LogP contribution is -2.31. The number of carbonyl (C=O) groups excluding carboxylic acids is 1. The Morgan fingerprint density at radius 1 is 1.53 bits per heavy atom. The van der Waals surface area contributed by atoms with E-state index in [2.05, 4.69) is 24.3 Å². The first-order chi connectivity index (χ1) is 8.02. The molecule has 1 saturated heterocycles. The summed E-state index contributed by atoms with van der Waals surface area (Å²) in [5, 5.41) is 0. The molecule has 5 nitrogen and oxygen atoms in total. The molecule has 0 atom stereocenters. The lowest BCUT2D eigenvalue weighted by Gasteiger charge is -2.19. The number of likely N-dealkylation sites (tertiary alicyclic amines) is 1. The zero-order valence-corrected chi connectivity index (χ0v) is 10.2. The minimum absolute atomic E-state index is 0.0207. The van der Waals surface area contributed by atoms with Crippen LogP contribution in [0.25, 0.3) is 0 Å². The highest BCUT2D eigenvalue weighted by atomic mass is 16.2. The fraction of sp³-hybridized carbons (Fsp3) is 0.500. The normalized spacial score (nSPS) is 18.2. The van der Waals surface area contributed by atoms with Crippen LogP contribution in [0.15, 0.2) is 18.2 Å². The summed E-state index contributed by atoms with van der Waals surface area (Å²) in [7, 11) is 0. The minimum atomic E-state index is -0.0207. The molecule has 5 heteroatoms. The zero-order chi connectivity index (χ0) is 12.5. The van der Waals surface area contributed by atoms with E-state index in [0.717, 1.165) is 19.5 Å². The van der Waals surface area contributed by atoms with Gasteiger partial charge in [-0.25, -0.2) is 10.8 Å². The van der Waals surface area contributed by atoms with Gasteiger partial charge in [0.05, 0.1) is 0 Å². The molecular formula is C12H18N4O. The number of rotatable bonds is 2. The van der Waals surface area contributed by atoms with E-state index in [-0.39, 0.29) is 11.3 Å². The molecule has 1 fully saturated rings. The number of pyridine rings is 1. The van der Waals surface area contributed by atoms with Gasteiger partial charge in [0.1, 0.15) is 11.5 Å². The summed E-state index contributed by atoms with van der Waals surface area (Å²) in [4.78, 5) is 18.2. The number of nitrogens with zero attached hydrogens (tertiary/aromatic N) is 2. The van der Waals surface area contributed by atoms with Crippen LogP contribution in [0.5, 0.6) is 0 Å². The first-order valence-corrected chi connectivity index (χ1v) is 5.75. The zero-order valence-electron chi connectivity index (χ0n) is 10.2. The Morgan fingerprint density at radius 2 is 2.29 bits per heavy atom. The van der Waals surface area contributed by atoms with E-state index in [1.807, 2.05) is 4.90 Å². The Bertz CT molecular complexity index is 430. The maximum absolute atomic E-state index is 12.2. The summed E-state index contributed by atoms with van der Waals surface area (Å²) in [6, 6.07) is 5.22. The lowest BCUT2D eigenvalue weighted by atomic mass is 9.93. The van der Waals surface area contributed by atoms with Gasteiger partial charge in [0, 0.05) is 13.1 Å². The summed E-state index contributed by atoms with van der Waals surface area (Å²) < 4.78 is 0. The van der Waals surface area contributed by atoms with Gasteiger partial charge in [-0.15, -0.1) is 0 Å². The number of hydrogen-bond donors (Lipinski definition) is 2. The second-order valence-electron chi connectivity index (χ2n) is 5.19. The van der Waals surface area contributed by atoms with Gasteiger partial charge in [-0.05, 0) is 24.0 Å². The van der Waals surface area contributed by atoms with Crippen molar-refractivity contribution in [3.05, 3.63) is 23.9 Å². The number of anilines is 1. The van der Waals surface area contributed by atoms with Crippen molar-refractivity contribution in [2.24, 2.45) is 11.3 Å². The quantitative estimate of drug-likeness (QED) is 0.596. The maximum Gasteiger partial charge on any atom is 0.272 e. The molecule has 1 aliphatic rings. The number of carbonyl (C=O) groups is 1. The number of nitrogens with one attached hydrogen (secondary N) is 1. The van der Waals surface area contributed by atoms with Gasteiger partial charge in [-0.2, -0.15) is 0 Å². The summed E-state index contributed by atoms with van der Waals surface area (Å²) in [6.07, 6.45) is 1.04. The largest absolute Gasteiger partial charge is 0.337 e. The van der Waals surface area contributed by atoms with Crippen LogP contribution in [-0.4, -0.2) is 28.9 Å². The number of hydrogen-bond acceptors (Lipinski definition) is 4. The summed E-state index contributed by atoms with van der Waals surface area (Å²) >= 11 is 0. The fourth-order valence-corrected chi connectivity index (χ4v) is 2.08. The number of amides is 1. The second kappa shape index (κ2) is 4.33.